The maximum absolute atomic E-state index is 14.4. The molecule has 26 heteroatoms. The summed E-state index contributed by atoms with van der Waals surface area (Å²) in [5.74, 6) is -3.28. The first kappa shape index (κ1) is 63.5. The zero-order valence-corrected chi connectivity index (χ0v) is 52.7. The highest BCUT2D eigenvalue weighted by atomic mass is 35.5. The Hall–Kier alpha value is -7.68. The minimum absolute atomic E-state index is 0.0272. The number of ether oxygens (including phenoxy) is 1. The molecule has 1 unspecified atom stereocenters. The zero-order valence-electron chi connectivity index (χ0n) is 50.3. The summed E-state index contributed by atoms with van der Waals surface area (Å²) in [7, 11) is -11.2. The van der Waals surface area contributed by atoms with Gasteiger partial charge in [0.25, 0.3) is 37.6 Å². The molecule has 6 aromatic rings. The molecule has 6 heterocycles. The number of allylic oxidation sites excluding steroid dienone is 1. The molecule has 4 aromatic carbocycles. The van der Waals surface area contributed by atoms with Crippen LogP contribution in [0.1, 0.15) is 114 Å². The van der Waals surface area contributed by atoms with Crippen molar-refractivity contribution >= 4 is 89.0 Å². The van der Waals surface area contributed by atoms with Crippen LogP contribution in [0.3, 0.4) is 0 Å². The van der Waals surface area contributed by atoms with Crippen LogP contribution in [0.15, 0.2) is 119 Å². The Morgan fingerprint density at radius 3 is 2.22 bits per heavy atom. The molecule has 4 aliphatic heterocycles. The summed E-state index contributed by atoms with van der Waals surface area (Å²) in [5.41, 5.74) is 0.170. The molecule has 12 rings (SSSR count). The second kappa shape index (κ2) is 25.4. The minimum atomic E-state index is -6.13. The second-order valence-corrected chi connectivity index (χ2v) is 29.3. The quantitative estimate of drug-likeness (QED) is 0.0621. The SMILES string of the molecule is CC1(C)CCC(CN2CCN(c3ccc(C(=O)NS(=O)(=O)c4ccc(NCC5CCC(N6CCN(Cc7ccc8c(c7)C(=O)N(C7CCC(=O)NC7=O)C8=O)CC6)CC5)c(S(=O)(=O)C(F)(F)F)c4)c(Oc4cnc5[nH]ccc5c4)c3)CC2)=C(c2ccc(Cl)cc2)C1. The molecule has 6 aliphatic rings. The third kappa shape index (κ3) is 13.6. The summed E-state index contributed by atoms with van der Waals surface area (Å²) < 4.78 is 106. The van der Waals surface area contributed by atoms with Crippen LogP contribution in [0.25, 0.3) is 16.6 Å². The van der Waals surface area contributed by atoms with Crippen LogP contribution in [0, 0.1) is 11.3 Å². The van der Waals surface area contributed by atoms with Gasteiger partial charge >= 0.3 is 5.51 Å². The van der Waals surface area contributed by atoms with Crippen molar-refractivity contribution < 1.29 is 58.7 Å². The monoisotopic (exact) mass is 1310 g/mol. The molecule has 1 saturated carbocycles. The van der Waals surface area contributed by atoms with Crippen molar-refractivity contribution in [2.75, 3.05) is 75.7 Å². The maximum Gasteiger partial charge on any atom is 0.501 e. The molecule has 0 bridgehead atoms. The molecule has 4 fully saturated rings. The number of hydrogen-bond acceptors (Lipinski definition) is 16. The highest BCUT2D eigenvalue weighted by Crippen LogP contribution is 2.44. The second-order valence-electron chi connectivity index (χ2n) is 25.3. The lowest BCUT2D eigenvalue weighted by Crippen LogP contribution is -2.54. The molecule has 20 nitrogen and oxygen atoms in total. The van der Waals surface area contributed by atoms with Gasteiger partial charge in [0.05, 0.1) is 33.5 Å². The number of rotatable bonds is 17. The minimum Gasteiger partial charge on any atom is -0.455 e. The molecule has 91 heavy (non-hydrogen) atoms. The van der Waals surface area contributed by atoms with Gasteiger partial charge in [0.2, 0.25) is 11.8 Å². The number of imide groups is 2. The first-order chi connectivity index (χ1) is 43.4. The van der Waals surface area contributed by atoms with E-state index in [0.717, 1.165) is 101 Å². The lowest BCUT2D eigenvalue weighted by Gasteiger charge is -2.42. The van der Waals surface area contributed by atoms with Gasteiger partial charge in [-0.05, 0) is 146 Å². The van der Waals surface area contributed by atoms with Gasteiger partial charge in [-0.25, -0.2) is 26.5 Å². The van der Waals surface area contributed by atoms with E-state index in [0.29, 0.717) is 60.3 Å². The number of sulfone groups is 1. The van der Waals surface area contributed by atoms with E-state index in [1.54, 1.807) is 48.7 Å². The van der Waals surface area contributed by atoms with Crippen molar-refractivity contribution in [3.8, 4) is 11.5 Å². The Morgan fingerprint density at radius 1 is 0.780 bits per heavy atom. The number of fused-ring (bicyclic) bond motifs is 2. The fourth-order valence-electron chi connectivity index (χ4n) is 13.5. The van der Waals surface area contributed by atoms with Crippen LogP contribution < -0.4 is 25.0 Å². The topological polar surface area (TPSA) is 244 Å². The Bertz CT molecular complexity index is 4120. The number of carbonyl (C=O) groups excluding carboxylic acids is 5. The first-order valence-electron chi connectivity index (χ1n) is 30.6. The number of nitrogens with zero attached hydrogens (tertiary/aromatic N) is 6. The van der Waals surface area contributed by atoms with Crippen molar-refractivity contribution in [2.24, 2.45) is 11.3 Å². The van der Waals surface area contributed by atoms with Gasteiger partial charge in [0.1, 0.15) is 28.1 Å². The number of pyridine rings is 1. The Morgan fingerprint density at radius 2 is 1.49 bits per heavy atom. The van der Waals surface area contributed by atoms with E-state index < -0.39 is 76.4 Å². The summed E-state index contributed by atoms with van der Waals surface area (Å²) in [6, 6.07) is 22.8. The predicted molar refractivity (Wildman–Crippen MR) is 336 cm³/mol. The number of halogens is 4. The predicted octanol–water partition coefficient (Wildman–Crippen LogP) is 9.40. The molecule has 5 amide bonds. The van der Waals surface area contributed by atoms with Crippen molar-refractivity contribution in [2.45, 2.75) is 106 Å². The number of benzene rings is 4. The highest BCUT2D eigenvalue weighted by molar-refractivity contribution is 7.92. The number of amides is 5. The summed E-state index contributed by atoms with van der Waals surface area (Å²) >= 11 is 6.26. The van der Waals surface area contributed by atoms with Gasteiger partial charge < -0.3 is 19.9 Å². The highest BCUT2D eigenvalue weighted by Gasteiger charge is 2.49. The van der Waals surface area contributed by atoms with Crippen LogP contribution in [0.2, 0.25) is 5.02 Å². The summed E-state index contributed by atoms with van der Waals surface area (Å²) in [4.78, 5) is 80.5. The van der Waals surface area contributed by atoms with Crippen molar-refractivity contribution in [1.82, 2.24) is 39.6 Å². The summed E-state index contributed by atoms with van der Waals surface area (Å²) in [5, 5.41) is 6.48. The number of anilines is 2. The van der Waals surface area contributed by atoms with E-state index in [1.807, 2.05) is 16.9 Å². The molecule has 0 spiro atoms. The van der Waals surface area contributed by atoms with Gasteiger partial charge in [-0.3, -0.25) is 48.9 Å². The number of aromatic amines is 1. The lowest BCUT2D eigenvalue weighted by atomic mass is 9.72. The zero-order chi connectivity index (χ0) is 64.1. The summed E-state index contributed by atoms with van der Waals surface area (Å²) in [6.45, 7) is 11.7. The van der Waals surface area contributed by atoms with E-state index in [9.17, 15) is 54.0 Å². The molecular formula is C65H70ClF3N10O10S2. The number of hydrogen-bond donors (Lipinski definition) is 4. The van der Waals surface area contributed by atoms with E-state index in [4.69, 9.17) is 16.3 Å². The number of carbonyl (C=O) groups is 5. The fourth-order valence-corrected chi connectivity index (χ4v) is 15.7. The third-order valence-electron chi connectivity index (χ3n) is 18.7. The van der Waals surface area contributed by atoms with Crippen LogP contribution >= 0.6 is 11.6 Å². The van der Waals surface area contributed by atoms with Crippen LogP contribution in [-0.2, 0) is 36.0 Å². The average molecular weight is 1310 g/mol. The number of sulfonamides is 1. The molecule has 0 radical (unpaired) electrons. The number of aromatic nitrogens is 2. The average Bonchev–Trinajstić information content (AvgIpc) is 1.77. The van der Waals surface area contributed by atoms with Gasteiger partial charge in [-0.15, -0.1) is 0 Å². The molecule has 480 valence electrons. The molecule has 2 aliphatic carbocycles. The van der Waals surface area contributed by atoms with Crippen LogP contribution in [-0.4, -0.2) is 159 Å². The normalized spacial score (nSPS) is 21.5. The van der Waals surface area contributed by atoms with Gasteiger partial charge in [-0.2, -0.15) is 13.2 Å². The van der Waals surface area contributed by atoms with E-state index in [-0.39, 0.29) is 65.0 Å². The largest absolute Gasteiger partial charge is 0.501 e. The third-order valence-corrected chi connectivity index (χ3v) is 21.8. The summed E-state index contributed by atoms with van der Waals surface area (Å²) in [6.07, 6.45) is 9.17. The van der Waals surface area contributed by atoms with Crippen molar-refractivity contribution in [1.29, 1.82) is 0 Å². The number of piperidine rings is 1. The Kier molecular flexibility index (Phi) is 17.7. The van der Waals surface area contributed by atoms with Crippen molar-refractivity contribution in [3.63, 3.8) is 0 Å². The standard InChI is InChI=1S/C65H70ClF3N10O10S2/c1-64(2)21-19-44(53(35-64)42-6-8-45(66)9-7-42)39-76-25-29-78(30-26-76)47-12-15-51(56(33-47)89-48-32-43-20-22-70-59(43)72-37-48)60(81)74-91(87,88)49-13-16-54(57(34-49)90(85,86)65(67,68)69)71-36-40-3-10-46(11-4-40)77-27-23-75(24-28-77)38-41-5-14-50-52(31-41)63(84)79(62(50)83)55-17-18-58(80)73-61(55)82/h5-9,12-16,20,22,31-34,37,40,46,55,71H,3-4,10-11,17-19,21,23-30,35-36,38-39H2,1-2H3,(H,70,72)(H,74,81)(H,73,80,82). The number of piperazine rings is 2. The molecular weight excluding hydrogens is 1240 g/mol. The van der Waals surface area contributed by atoms with Crippen molar-refractivity contribution in [3.05, 3.63) is 142 Å². The first-order valence-corrected chi connectivity index (χ1v) is 34.0. The Labute approximate surface area is 530 Å². The fraction of sp³-hybridized carbons (Fsp3) is 0.415. The van der Waals surface area contributed by atoms with E-state index >= 15 is 0 Å². The Balaban J connectivity index is 0.679. The van der Waals surface area contributed by atoms with Gasteiger partial charge in [0, 0.05) is 113 Å². The number of nitrogens with one attached hydrogen (secondary N) is 4. The lowest BCUT2D eigenvalue weighted by molar-refractivity contribution is -0.136. The molecule has 4 N–H and O–H groups in total. The number of H-pyrrole nitrogens is 1. The smallest absolute Gasteiger partial charge is 0.455 e. The number of alkyl halides is 3. The van der Waals surface area contributed by atoms with Crippen LogP contribution in [0.5, 0.6) is 11.5 Å². The molecule has 1 atom stereocenters. The van der Waals surface area contributed by atoms with E-state index in [1.165, 1.54) is 29.0 Å². The van der Waals surface area contributed by atoms with E-state index in [2.05, 4.69) is 66.2 Å². The van der Waals surface area contributed by atoms with Gasteiger partial charge in [0.15, 0.2) is 0 Å². The maximum atomic E-state index is 14.4. The molecule has 3 saturated heterocycles. The van der Waals surface area contributed by atoms with Gasteiger partial charge in [-0.1, -0.05) is 49.2 Å². The molecule has 2 aromatic heterocycles. The van der Waals surface area contributed by atoms with Crippen LogP contribution in [0.4, 0.5) is 24.5 Å².